The van der Waals surface area contributed by atoms with Gasteiger partial charge in [-0.3, -0.25) is 14.4 Å². The van der Waals surface area contributed by atoms with Gasteiger partial charge in [-0.15, -0.1) is 0 Å². The first kappa shape index (κ1) is 32.9. The van der Waals surface area contributed by atoms with Gasteiger partial charge < -0.3 is 18.9 Å². The highest BCUT2D eigenvalue weighted by Crippen LogP contribution is 2.60. The smallest absolute Gasteiger partial charge is 0.279 e. The number of anilines is 1. The molecule has 8 rings (SSSR count). The van der Waals surface area contributed by atoms with Gasteiger partial charge in [-0.1, -0.05) is 55.5 Å². The topological polar surface area (TPSA) is 120 Å². The summed E-state index contributed by atoms with van der Waals surface area (Å²) in [5.74, 6) is -0.934. The van der Waals surface area contributed by atoms with E-state index >= 15 is 4.11 Å². The Hall–Kier alpha value is -5.30. The number of benzene rings is 4. The lowest BCUT2D eigenvalue weighted by Crippen LogP contribution is -2.45. The minimum absolute atomic E-state index is 0.124. The third-order valence-electron chi connectivity index (χ3n) is 10.5. The van der Waals surface area contributed by atoms with Crippen LogP contribution in [0.5, 0.6) is 0 Å². The molecule has 1 amide bonds. The van der Waals surface area contributed by atoms with Crippen molar-refractivity contribution in [1.29, 1.82) is 0 Å². The molecule has 10 nitrogen and oxygen atoms in total. The summed E-state index contributed by atoms with van der Waals surface area (Å²) >= 11 is 0. The second-order valence-corrected chi connectivity index (χ2v) is 17.7. The molecule has 0 bridgehead atoms. The number of rotatable bonds is 7. The molecule has 1 N–H and O–H groups in total. The maximum atomic E-state index is 16.1. The van der Waals surface area contributed by atoms with E-state index in [2.05, 4.69) is 10.2 Å². The van der Waals surface area contributed by atoms with Crippen LogP contribution in [0, 0.1) is 5.92 Å². The fourth-order valence-corrected chi connectivity index (χ4v) is 10.8. The predicted molar refractivity (Wildman–Crippen MR) is 196 cm³/mol. The van der Waals surface area contributed by atoms with Crippen LogP contribution in [0.4, 0.5) is 9.80 Å². The number of carbonyl (C=O) groups is 1. The predicted octanol–water partition coefficient (Wildman–Crippen LogP) is 5.79. The molecule has 4 aromatic carbocycles. The van der Waals surface area contributed by atoms with Crippen LogP contribution in [0.2, 0.25) is 18.6 Å². The summed E-state index contributed by atoms with van der Waals surface area (Å²) in [5.41, 5.74) is 0.0793. The number of nitrogens with zero attached hydrogens (tertiary/aromatic N) is 5. The monoisotopic (exact) mass is 701 g/mol. The fourth-order valence-electron chi connectivity index (χ4n) is 8.24. The largest absolute Gasteiger partial charge is 0.396 e. The Labute approximate surface area is 293 Å². The van der Waals surface area contributed by atoms with Crippen LogP contribution in [-0.4, -0.2) is 51.7 Å². The van der Waals surface area contributed by atoms with Crippen LogP contribution in [0.1, 0.15) is 24.5 Å². The van der Waals surface area contributed by atoms with Gasteiger partial charge in [0.1, 0.15) is 0 Å². The molecule has 4 heterocycles. The van der Waals surface area contributed by atoms with Gasteiger partial charge in [0.05, 0.1) is 52.9 Å². The summed E-state index contributed by atoms with van der Waals surface area (Å²) in [6.07, 6.45) is 2.77. The number of amides is 1. The highest BCUT2D eigenvalue weighted by atomic mass is 28.4. The zero-order chi connectivity index (χ0) is 35.7. The molecule has 0 saturated carbocycles. The maximum absolute atomic E-state index is 16.1. The van der Waals surface area contributed by atoms with E-state index in [0.717, 1.165) is 10.9 Å². The maximum Gasteiger partial charge on any atom is 0.279 e. The van der Waals surface area contributed by atoms with Gasteiger partial charge in [-0.05, 0) is 67.5 Å². The minimum atomic E-state index is -3.43. The van der Waals surface area contributed by atoms with E-state index < -0.39 is 31.6 Å². The lowest BCUT2D eigenvalue weighted by Gasteiger charge is -2.31. The van der Waals surface area contributed by atoms with Gasteiger partial charge in [0.25, 0.3) is 17.0 Å². The van der Waals surface area contributed by atoms with Crippen LogP contribution in [0.3, 0.4) is 0 Å². The van der Waals surface area contributed by atoms with Crippen LogP contribution >= 0.6 is 0 Å². The van der Waals surface area contributed by atoms with Crippen molar-refractivity contribution in [2.75, 3.05) is 11.5 Å². The van der Waals surface area contributed by atoms with Crippen molar-refractivity contribution in [3.8, 4) is 11.4 Å². The zero-order valence-corrected chi connectivity index (χ0v) is 29.4. The first-order valence-electron chi connectivity index (χ1n) is 17.0. The second-order valence-electron chi connectivity index (χ2n) is 13.9. The number of aliphatic hydroxyl groups excluding tert-OH is 1. The van der Waals surface area contributed by atoms with Gasteiger partial charge in [0.15, 0.2) is 5.60 Å². The minimum Gasteiger partial charge on any atom is -0.396 e. The number of carbonyl (C=O) groups excluding carboxylic acids is 1. The molecular formula is C39H36FN5O5Si. The third kappa shape index (κ3) is 5.16. The number of aliphatic hydroxyl groups is 1. The average molecular weight is 702 g/mol. The van der Waals surface area contributed by atoms with Gasteiger partial charge in [-0.2, -0.15) is 19.6 Å². The molecule has 0 radical (unpaired) electrons. The van der Waals surface area contributed by atoms with Crippen molar-refractivity contribution >= 4 is 41.5 Å². The number of hydrogen-bond acceptors (Lipinski definition) is 7. The van der Waals surface area contributed by atoms with Crippen molar-refractivity contribution in [2.45, 2.75) is 50.2 Å². The van der Waals surface area contributed by atoms with Gasteiger partial charge >= 0.3 is 0 Å². The van der Waals surface area contributed by atoms with Crippen molar-refractivity contribution in [2.24, 2.45) is 5.92 Å². The lowest BCUT2D eigenvalue weighted by molar-refractivity contribution is -0.146. The Morgan fingerprint density at radius 2 is 1.43 bits per heavy atom. The van der Waals surface area contributed by atoms with E-state index in [4.69, 9.17) is 4.74 Å². The summed E-state index contributed by atoms with van der Waals surface area (Å²) in [5, 5.41) is 21.3. The number of ether oxygens (including phenoxy) is 1. The van der Waals surface area contributed by atoms with Crippen molar-refractivity contribution in [3.63, 3.8) is 0 Å². The van der Waals surface area contributed by atoms with Crippen molar-refractivity contribution in [1.82, 2.24) is 19.6 Å². The van der Waals surface area contributed by atoms with Gasteiger partial charge in [0, 0.05) is 34.4 Å². The van der Waals surface area contributed by atoms with Crippen molar-refractivity contribution in [3.05, 3.63) is 135 Å². The average Bonchev–Trinajstić information content (AvgIpc) is 3.55. The molecular weight excluding hydrogens is 666 g/mol. The highest BCUT2D eigenvalue weighted by molar-refractivity contribution is 6.72. The number of aromatic nitrogens is 4. The Kier molecular flexibility index (Phi) is 7.85. The fraction of sp³-hybridized carbons (Fsp3) is 0.256. The summed E-state index contributed by atoms with van der Waals surface area (Å²) < 4.78 is 25.5. The molecule has 1 spiro atoms. The molecule has 6 aromatic rings. The number of fused-ring (bicyclic) bond motifs is 4. The standard InChI is InChI=1S/C39H36FN5O5Si/c1-24-35(51(2,3)40)34(17-18-46)50-39(24)32-20-29(45-37(48)31-14-7-5-11-27(31)22-42-45)15-16-33(32)43(38(39)49)23-25-9-8-12-28(19-25)44-36(47)30-13-6-4-10-26(30)21-41-44/h4-16,19-22,24,34-35,46H,17-18,23H2,1-3H3/t24-,34+,35-,39+/m1/s1. The molecule has 51 heavy (non-hydrogen) atoms. The number of halogens is 1. The highest BCUT2D eigenvalue weighted by Gasteiger charge is 2.66. The van der Waals surface area contributed by atoms with Gasteiger partial charge in [0.2, 0.25) is 8.41 Å². The van der Waals surface area contributed by atoms with E-state index in [0.29, 0.717) is 38.8 Å². The SMILES string of the molecule is C[C@@H]1[C@@H]([Si](C)(C)F)[C@H](CCO)O[C@@]12C(=O)N(Cc1cccc(-n3ncc4ccccc4c3=O)c1)c1ccc(-n3ncc4ccccc4c3=O)cc12. The van der Waals surface area contributed by atoms with Gasteiger partial charge in [-0.25, -0.2) is 0 Å². The Morgan fingerprint density at radius 1 is 0.824 bits per heavy atom. The number of hydrogen-bond donors (Lipinski definition) is 1. The molecule has 2 aromatic heterocycles. The van der Waals surface area contributed by atoms with Crippen molar-refractivity contribution < 1.29 is 18.7 Å². The summed E-state index contributed by atoms with van der Waals surface area (Å²) in [7, 11) is -3.43. The second kappa shape index (κ2) is 12.2. The van der Waals surface area contributed by atoms with E-state index in [1.54, 1.807) is 72.9 Å². The van der Waals surface area contributed by atoms with Crippen LogP contribution in [0.15, 0.2) is 113 Å². The lowest BCUT2D eigenvalue weighted by atomic mass is 9.82. The molecule has 2 aliphatic rings. The van der Waals surface area contributed by atoms with Crippen LogP contribution in [-0.2, 0) is 21.7 Å². The quantitative estimate of drug-likeness (QED) is 0.165. The zero-order valence-electron chi connectivity index (χ0n) is 28.4. The molecule has 4 atom stereocenters. The molecule has 12 heteroatoms. The third-order valence-corrected chi connectivity index (χ3v) is 12.9. The Morgan fingerprint density at radius 3 is 2.04 bits per heavy atom. The summed E-state index contributed by atoms with van der Waals surface area (Å²) in [6.45, 7) is 4.99. The van der Waals surface area contributed by atoms with E-state index in [-0.39, 0.29) is 36.6 Å². The molecule has 0 unspecified atom stereocenters. The molecule has 2 aliphatic heterocycles. The summed E-state index contributed by atoms with van der Waals surface area (Å²) in [6, 6.07) is 27.0. The van der Waals surface area contributed by atoms with E-state index in [1.807, 2.05) is 55.5 Å². The Bertz CT molecular complexity index is 2480. The molecule has 1 fully saturated rings. The molecule has 1 saturated heterocycles. The van der Waals surface area contributed by atoms with Crippen LogP contribution < -0.4 is 16.0 Å². The van der Waals surface area contributed by atoms with Crippen LogP contribution in [0.25, 0.3) is 32.9 Å². The Balaban J connectivity index is 1.25. The molecule has 0 aliphatic carbocycles. The first-order chi connectivity index (χ1) is 24.5. The summed E-state index contributed by atoms with van der Waals surface area (Å²) in [4.78, 5) is 43.6. The molecule has 258 valence electrons. The first-order valence-corrected chi connectivity index (χ1v) is 20.0. The van der Waals surface area contributed by atoms with E-state index in [1.165, 1.54) is 9.36 Å². The normalized spacial score (nSPS) is 21.6. The van der Waals surface area contributed by atoms with E-state index in [9.17, 15) is 19.5 Å².